The Morgan fingerprint density at radius 3 is 2.67 bits per heavy atom. The molecule has 1 aliphatic rings. The minimum atomic E-state index is 0.158. The number of aromatic nitrogens is 1. The van der Waals surface area contributed by atoms with Gasteiger partial charge in [-0.3, -0.25) is 4.98 Å². The molecule has 0 unspecified atom stereocenters. The quantitative estimate of drug-likeness (QED) is 0.701. The van der Waals surface area contributed by atoms with Crippen molar-refractivity contribution in [3.05, 3.63) is 59.9 Å². The second kappa shape index (κ2) is 3.39. The molecular formula is C13H11NO. The SMILES string of the molecule is c1ccc2c(c1)C[C@H](c1ccncc1)O2. The first-order chi connectivity index (χ1) is 7.43. The lowest BCUT2D eigenvalue weighted by atomic mass is 10.1. The molecule has 1 aliphatic heterocycles. The highest BCUT2D eigenvalue weighted by molar-refractivity contribution is 5.39. The van der Waals surface area contributed by atoms with E-state index in [0.717, 1.165) is 12.2 Å². The smallest absolute Gasteiger partial charge is 0.128 e. The number of para-hydroxylation sites is 1. The molecule has 74 valence electrons. The summed E-state index contributed by atoms with van der Waals surface area (Å²) in [5.41, 5.74) is 2.49. The van der Waals surface area contributed by atoms with Crippen LogP contribution in [0, 0.1) is 0 Å². The molecule has 1 atom stereocenters. The van der Waals surface area contributed by atoms with Crippen molar-refractivity contribution in [1.29, 1.82) is 0 Å². The number of pyridine rings is 1. The molecular weight excluding hydrogens is 186 g/mol. The standard InChI is InChI=1S/C13H11NO/c1-2-4-12-11(3-1)9-13(15-12)10-5-7-14-8-6-10/h1-8,13H,9H2/t13-/m1/s1. The van der Waals surface area contributed by atoms with Gasteiger partial charge in [0.25, 0.3) is 0 Å². The van der Waals surface area contributed by atoms with Crippen LogP contribution >= 0.6 is 0 Å². The third-order valence-corrected chi connectivity index (χ3v) is 2.73. The number of fused-ring (bicyclic) bond motifs is 1. The van der Waals surface area contributed by atoms with Gasteiger partial charge in [0, 0.05) is 18.8 Å². The number of rotatable bonds is 1. The van der Waals surface area contributed by atoms with Crippen LogP contribution in [-0.4, -0.2) is 4.98 Å². The van der Waals surface area contributed by atoms with E-state index in [2.05, 4.69) is 17.1 Å². The lowest BCUT2D eigenvalue weighted by Gasteiger charge is -2.09. The Morgan fingerprint density at radius 2 is 1.87 bits per heavy atom. The molecule has 1 aromatic heterocycles. The molecule has 0 radical (unpaired) electrons. The maximum atomic E-state index is 5.87. The van der Waals surface area contributed by atoms with Crippen LogP contribution in [0.4, 0.5) is 0 Å². The molecule has 0 saturated carbocycles. The van der Waals surface area contributed by atoms with E-state index >= 15 is 0 Å². The molecule has 0 saturated heterocycles. The highest BCUT2D eigenvalue weighted by atomic mass is 16.5. The maximum Gasteiger partial charge on any atom is 0.128 e. The Balaban J connectivity index is 1.91. The second-order valence-electron chi connectivity index (χ2n) is 3.70. The molecule has 2 nitrogen and oxygen atoms in total. The average molecular weight is 197 g/mol. The first-order valence-corrected chi connectivity index (χ1v) is 5.08. The molecule has 2 aromatic rings. The lowest BCUT2D eigenvalue weighted by Crippen LogP contribution is -2.02. The largest absolute Gasteiger partial charge is 0.485 e. The molecule has 15 heavy (non-hydrogen) atoms. The van der Waals surface area contributed by atoms with Crippen molar-refractivity contribution >= 4 is 0 Å². The number of nitrogens with zero attached hydrogens (tertiary/aromatic N) is 1. The van der Waals surface area contributed by atoms with Gasteiger partial charge in [-0.1, -0.05) is 18.2 Å². The molecule has 0 N–H and O–H groups in total. The van der Waals surface area contributed by atoms with Crippen molar-refractivity contribution in [1.82, 2.24) is 4.98 Å². The van der Waals surface area contributed by atoms with E-state index in [-0.39, 0.29) is 6.10 Å². The third-order valence-electron chi connectivity index (χ3n) is 2.73. The molecule has 2 heterocycles. The van der Waals surface area contributed by atoms with Crippen LogP contribution in [0.3, 0.4) is 0 Å². The van der Waals surface area contributed by atoms with Crippen LogP contribution < -0.4 is 4.74 Å². The number of ether oxygens (including phenoxy) is 1. The minimum Gasteiger partial charge on any atom is -0.485 e. The zero-order valence-electron chi connectivity index (χ0n) is 8.26. The fourth-order valence-electron chi connectivity index (χ4n) is 1.95. The maximum absolute atomic E-state index is 5.87. The van der Waals surface area contributed by atoms with Crippen molar-refractivity contribution in [2.75, 3.05) is 0 Å². The van der Waals surface area contributed by atoms with E-state index in [0.29, 0.717) is 0 Å². The first-order valence-electron chi connectivity index (χ1n) is 5.08. The van der Waals surface area contributed by atoms with Crippen molar-refractivity contribution in [3.8, 4) is 5.75 Å². The van der Waals surface area contributed by atoms with Crippen LogP contribution in [0.15, 0.2) is 48.8 Å². The van der Waals surface area contributed by atoms with E-state index < -0.39 is 0 Å². The Labute approximate surface area is 88.5 Å². The van der Waals surface area contributed by atoms with Crippen molar-refractivity contribution in [3.63, 3.8) is 0 Å². The van der Waals surface area contributed by atoms with Gasteiger partial charge < -0.3 is 4.74 Å². The molecule has 2 heteroatoms. The van der Waals surface area contributed by atoms with Crippen LogP contribution in [0.25, 0.3) is 0 Å². The Morgan fingerprint density at radius 1 is 1.07 bits per heavy atom. The van der Waals surface area contributed by atoms with Gasteiger partial charge in [-0.25, -0.2) is 0 Å². The second-order valence-corrected chi connectivity index (χ2v) is 3.70. The summed E-state index contributed by atoms with van der Waals surface area (Å²) in [6.45, 7) is 0. The summed E-state index contributed by atoms with van der Waals surface area (Å²) < 4.78 is 5.87. The molecule has 0 spiro atoms. The van der Waals surface area contributed by atoms with Gasteiger partial charge in [0.1, 0.15) is 11.9 Å². The fraction of sp³-hybridized carbons (Fsp3) is 0.154. The van der Waals surface area contributed by atoms with Gasteiger partial charge in [-0.05, 0) is 29.3 Å². The normalized spacial score (nSPS) is 18.3. The van der Waals surface area contributed by atoms with Gasteiger partial charge in [0.2, 0.25) is 0 Å². The van der Waals surface area contributed by atoms with Crippen molar-refractivity contribution in [2.24, 2.45) is 0 Å². The number of hydrogen-bond acceptors (Lipinski definition) is 2. The van der Waals surface area contributed by atoms with E-state index in [9.17, 15) is 0 Å². The fourth-order valence-corrected chi connectivity index (χ4v) is 1.95. The van der Waals surface area contributed by atoms with Crippen LogP contribution in [0.2, 0.25) is 0 Å². The minimum absolute atomic E-state index is 0.158. The number of benzene rings is 1. The predicted molar refractivity (Wildman–Crippen MR) is 57.8 cm³/mol. The summed E-state index contributed by atoms with van der Waals surface area (Å²) in [5, 5.41) is 0. The van der Waals surface area contributed by atoms with E-state index in [1.165, 1.54) is 11.1 Å². The summed E-state index contributed by atoms with van der Waals surface area (Å²) in [4.78, 5) is 4.01. The zero-order valence-corrected chi connectivity index (χ0v) is 8.26. The third kappa shape index (κ3) is 1.48. The summed E-state index contributed by atoms with van der Waals surface area (Å²) in [6.07, 6.45) is 4.73. The predicted octanol–water partition coefficient (Wildman–Crippen LogP) is 2.76. The summed E-state index contributed by atoms with van der Waals surface area (Å²) in [7, 11) is 0. The van der Waals surface area contributed by atoms with E-state index in [1.54, 1.807) is 0 Å². The molecule has 0 amide bonds. The molecule has 0 bridgehead atoms. The highest BCUT2D eigenvalue weighted by Crippen LogP contribution is 2.35. The Hall–Kier alpha value is -1.83. The molecule has 1 aromatic carbocycles. The van der Waals surface area contributed by atoms with Crippen molar-refractivity contribution < 1.29 is 4.74 Å². The van der Waals surface area contributed by atoms with Crippen LogP contribution in [0.5, 0.6) is 5.75 Å². The zero-order chi connectivity index (χ0) is 10.1. The van der Waals surface area contributed by atoms with E-state index in [4.69, 9.17) is 4.74 Å². The molecule has 3 rings (SSSR count). The first kappa shape index (κ1) is 8.48. The van der Waals surface area contributed by atoms with Gasteiger partial charge in [-0.15, -0.1) is 0 Å². The lowest BCUT2D eigenvalue weighted by molar-refractivity contribution is 0.238. The highest BCUT2D eigenvalue weighted by Gasteiger charge is 2.23. The Kier molecular flexibility index (Phi) is 1.91. The summed E-state index contributed by atoms with van der Waals surface area (Å²) >= 11 is 0. The van der Waals surface area contributed by atoms with Crippen LogP contribution in [-0.2, 0) is 6.42 Å². The average Bonchev–Trinajstić information content (AvgIpc) is 2.74. The molecule has 0 aliphatic carbocycles. The van der Waals surface area contributed by atoms with Gasteiger partial charge in [0.15, 0.2) is 0 Å². The van der Waals surface area contributed by atoms with Crippen LogP contribution in [0.1, 0.15) is 17.2 Å². The van der Waals surface area contributed by atoms with Gasteiger partial charge in [-0.2, -0.15) is 0 Å². The van der Waals surface area contributed by atoms with Crippen molar-refractivity contribution in [2.45, 2.75) is 12.5 Å². The number of hydrogen-bond donors (Lipinski definition) is 0. The van der Waals surface area contributed by atoms with Gasteiger partial charge in [0.05, 0.1) is 0 Å². The topological polar surface area (TPSA) is 22.1 Å². The summed E-state index contributed by atoms with van der Waals surface area (Å²) in [6, 6.07) is 12.2. The van der Waals surface area contributed by atoms with Gasteiger partial charge >= 0.3 is 0 Å². The summed E-state index contributed by atoms with van der Waals surface area (Å²) in [5.74, 6) is 1.01. The monoisotopic (exact) mass is 197 g/mol. The van der Waals surface area contributed by atoms with E-state index in [1.807, 2.05) is 36.7 Å². The molecule has 0 fully saturated rings. The Bertz CT molecular complexity index is 442.